The number of nitrogens with two attached hydrogens (primary N) is 2. The molecule has 0 bridgehead atoms. The molecule has 0 aromatic carbocycles. The van der Waals surface area contributed by atoms with Crippen molar-refractivity contribution in [2.45, 2.75) is 0 Å². The van der Waals surface area contributed by atoms with E-state index < -0.39 is 19.1 Å². The fraction of sp³-hybridized carbons (Fsp3) is 0. The molecule has 0 spiro atoms. The van der Waals surface area contributed by atoms with Crippen LogP contribution in [0.2, 0.25) is 0 Å². The Labute approximate surface area is 43.8 Å². The molecule has 5 nitrogen and oxygen atoms in total. The molecule has 6 heavy (non-hydrogen) atoms. The normalized spacial score (nSPS) is 5.67. The summed E-state index contributed by atoms with van der Waals surface area (Å²) in [5, 5.41) is 8.38. The third kappa shape index (κ3) is 525000. The van der Waals surface area contributed by atoms with Crippen LogP contribution in [0.3, 0.4) is 0 Å². The molecular weight excluding hydrogens is 269 g/mol. The number of hydrogen-bond donors (Lipinski definition) is 3. The van der Waals surface area contributed by atoms with Crippen LogP contribution in [-0.4, -0.2) is 0 Å². The van der Waals surface area contributed by atoms with Crippen LogP contribution in [0.1, 0.15) is 0 Å². The van der Waals surface area contributed by atoms with Crippen molar-refractivity contribution in [3.8, 4) is 0 Å². The minimum atomic E-state index is -0.417. The number of rotatable bonds is 0. The molecule has 0 radical (unpaired) electrons. The third-order valence-electron chi connectivity index (χ3n) is 0. The van der Waals surface area contributed by atoms with Gasteiger partial charge < -0.3 is 0 Å². The first-order chi connectivity index (χ1) is 2.83. The third-order valence-corrected chi connectivity index (χ3v) is 0. The van der Waals surface area contributed by atoms with Gasteiger partial charge in [-0.3, -0.25) is 10.1 Å². The van der Waals surface area contributed by atoms with Gasteiger partial charge in [-0.25, -0.2) is 0 Å². The van der Waals surface area contributed by atoms with Gasteiger partial charge in [0.15, 0.2) is 0 Å². The van der Waals surface area contributed by atoms with Gasteiger partial charge >= 0.3 is 27.6 Å². The van der Waals surface area contributed by atoms with Gasteiger partial charge in [0, 0.05) is 5.34 Å². The minimum absolute atomic E-state index is 0.250. The average molecular weight is 274 g/mol. The number of hydrogen-bond acceptors (Lipinski definition) is 4. The molecule has 0 aromatic rings. The van der Waals surface area contributed by atoms with Crippen molar-refractivity contribution in [1.82, 2.24) is 0 Å². The second-order valence-electron chi connectivity index (χ2n) is 0.189. The monoisotopic (exact) mass is 274 g/mol. The van der Waals surface area contributed by atoms with Crippen LogP contribution in [0.15, 0.2) is 0 Å². The van der Waals surface area contributed by atoms with E-state index >= 15 is 0 Å². The van der Waals surface area contributed by atoms with Gasteiger partial charge in [-0.15, -0.1) is 0 Å². The SMILES string of the molecule is O=[NH+][O-].[NH2][Pt][NH2]. The quantitative estimate of drug-likeness (QED) is 0.326. The van der Waals surface area contributed by atoms with Crippen molar-refractivity contribution in [2.24, 2.45) is 8.58 Å². The van der Waals surface area contributed by atoms with Crippen molar-refractivity contribution < 1.29 is 24.4 Å². The fourth-order valence-corrected chi connectivity index (χ4v) is 0. The van der Waals surface area contributed by atoms with Crippen LogP contribution >= 0.6 is 0 Å². The van der Waals surface area contributed by atoms with Crippen molar-refractivity contribution in [3.63, 3.8) is 0 Å². The Morgan fingerprint density at radius 1 is 1.67 bits per heavy atom. The van der Waals surface area contributed by atoms with Crippen molar-refractivity contribution in [1.29, 1.82) is 0 Å². The molecule has 0 saturated heterocycles. The summed E-state index contributed by atoms with van der Waals surface area (Å²) in [6.07, 6.45) is 0. The van der Waals surface area contributed by atoms with Gasteiger partial charge in [0.05, 0.1) is 0 Å². The summed E-state index contributed by atoms with van der Waals surface area (Å²) in [7, 11) is 0. The fourth-order valence-electron chi connectivity index (χ4n) is 0. The Hall–Kier alpha value is 0.00831. The van der Waals surface area contributed by atoms with Gasteiger partial charge in [0.2, 0.25) is 0 Å². The van der Waals surface area contributed by atoms with Crippen LogP contribution in [0.5, 0.6) is 0 Å². The van der Waals surface area contributed by atoms with Crippen LogP contribution < -0.4 is 13.9 Å². The topological polar surface area (TPSA) is 106 Å². The van der Waals surface area contributed by atoms with Gasteiger partial charge in [-0.05, 0) is 0 Å². The molecule has 42 valence electrons. The molecule has 6 heteroatoms. The zero-order valence-corrected chi connectivity index (χ0v) is 5.06. The molecule has 0 atom stereocenters. The zero-order valence-electron chi connectivity index (χ0n) is 2.79. The summed E-state index contributed by atoms with van der Waals surface area (Å²) in [4.78, 5) is 8.12. The van der Waals surface area contributed by atoms with Crippen molar-refractivity contribution in [2.75, 3.05) is 0 Å². The predicted molar refractivity (Wildman–Crippen MR) is 16.1 cm³/mol. The van der Waals surface area contributed by atoms with E-state index in [9.17, 15) is 0 Å². The molecule has 0 aromatic heterocycles. The molecular formula is H5N3O2Pt. The first kappa shape index (κ1) is 9.38. The Morgan fingerprint density at radius 2 is 1.67 bits per heavy atom. The van der Waals surface area contributed by atoms with E-state index in [-0.39, 0.29) is 5.34 Å². The average Bonchev–Trinajstić information content (AvgIpc) is 1.39. The van der Waals surface area contributed by atoms with Gasteiger partial charge in [0.25, 0.3) is 0 Å². The zero-order chi connectivity index (χ0) is 5.41. The standard InChI is InChI=1S/HNO2.2H2N.Pt/c2-1-3;;;/h1H;2*1H2;/q;2*-1;+2. The predicted octanol–water partition coefficient (Wildman–Crippen LogP) is -2.85. The van der Waals surface area contributed by atoms with Gasteiger partial charge in [-0.1, -0.05) is 0 Å². The van der Waals surface area contributed by atoms with E-state index in [0.29, 0.717) is 0 Å². The molecule has 0 aliphatic heterocycles. The molecule has 0 rings (SSSR count). The van der Waals surface area contributed by atoms with E-state index in [1.165, 1.54) is 0 Å². The summed E-state index contributed by atoms with van der Waals surface area (Å²) in [5.41, 5.74) is 0. The van der Waals surface area contributed by atoms with E-state index in [2.05, 4.69) is 0 Å². The second kappa shape index (κ2) is 20.0. The Morgan fingerprint density at radius 3 is 1.67 bits per heavy atom. The van der Waals surface area contributed by atoms with Crippen LogP contribution in [-0.2, 0) is 19.1 Å². The number of nitrogens with one attached hydrogen (secondary N) is 1. The van der Waals surface area contributed by atoms with Crippen molar-refractivity contribution >= 4 is 0 Å². The molecule has 0 saturated carbocycles. The van der Waals surface area contributed by atoms with Gasteiger partial charge in [-0.2, -0.15) is 0 Å². The summed E-state index contributed by atoms with van der Waals surface area (Å²) in [5.74, 6) is 0. The molecule has 0 aliphatic rings. The summed E-state index contributed by atoms with van der Waals surface area (Å²) in [6, 6.07) is 0. The van der Waals surface area contributed by atoms with E-state index in [4.69, 9.17) is 18.7 Å². The molecule has 5 N–H and O–H groups in total. The Kier molecular flexibility index (Phi) is 31.2. The van der Waals surface area contributed by atoms with Crippen LogP contribution in [0.4, 0.5) is 0 Å². The van der Waals surface area contributed by atoms with Crippen molar-refractivity contribution in [3.05, 3.63) is 10.1 Å². The Balaban J connectivity index is 0. The van der Waals surface area contributed by atoms with E-state index in [1.807, 2.05) is 0 Å². The summed E-state index contributed by atoms with van der Waals surface area (Å²) in [6.45, 7) is 0. The van der Waals surface area contributed by atoms with Crippen LogP contribution in [0, 0.1) is 10.1 Å². The molecule has 0 fully saturated rings. The maximum absolute atomic E-state index is 8.12. The van der Waals surface area contributed by atoms with E-state index in [0.717, 1.165) is 0 Å². The van der Waals surface area contributed by atoms with E-state index in [1.54, 1.807) is 0 Å². The maximum atomic E-state index is 8.12. The summed E-state index contributed by atoms with van der Waals surface area (Å²) < 4.78 is 9.47. The Bertz CT molecular complexity index is 22.8. The van der Waals surface area contributed by atoms with Gasteiger partial charge in [0.1, 0.15) is 0 Å². The molecule has 0 heterocycles. The second-order valence-corrected chi connectivity index (χ2v) is 0.946. The summed E-state index contributed by atoms with van der Waals surface area (Å²) >= 11 is -0.417. The first-order valence-corrected chi connectivity index (χ1v) is 3.40. The first-order valence-electron chi connectivity index (χ1n) is 0.773. The molecule has 0 amide bonds. The van der Waals surface area contributed by atoms with Crippen LogP contribution in [0.25, 0.3) is 0 Å². The molecule has 0 unspecified atom stereocenters. The molecule has 0 aliphatic carbocycles.